The van der Waals surface area contributed by atoms with Gasteiger partial charge < -0.3 is 14.6 Å². The SMILES string of the molecule is CC(=O)N(CCNC(=O)c1ccco1)c1cc(Cl)ccc1C. The van der Waals surface area contributed by atoms with Gasteiger partial charge in [0.2, 0.25) is 5.91 Å². The molecule has 0 radical (unpaired) electrons. The van der Waals surface area contributed by atoms with Gasteiger partial charge in [-0.25, -0.2) is 0 Å². The van der Waals surface area contributed by atoms with Crippen molar-refractivity contribution in [2.24, 2.45) is 0 Å². The first kappa shape index (κ1) is 16.1. The minimum Gasteiger partial charge on any atom is -0.459 e. The zero-order chi connectivity index (χ0) is 16.1. The van der Waals surface area contributed by atoms with E-state index in [1.807, 2.05) is 13.0 Å². The molecule has 22 heavy (non-hydrogen) atoms. The normalized spacial score (nSPS) is 10.3. The number of anilines is 1. The summed E-state index contributed by atoms with van der Waals surface area (Å²) in [6.45, 7) is 4.05. The van der Waals surface area contributed by atoms with Gasteiger partial charge in [-0.1, -0.05) is 17.7 Å². The number of benzene rings is 1. The van der Waals surface area contributed by atoms with Crippen LogP contribution >= 0.6 is 11.6 Å². The maximum atomic E-state index is 11.9. The van der Waals surface area contributed by atoms with Crippen LogP contribution in [-0.2, 0) is 4.79 Å². The van der Waals surface area contributed by atoms with Crippen molar-refractivity contribution < 1.29 is 14.0 Å². The number of furan rings is 1. The molecule has 0 saturated carbocycles. The van der Waals surface area contributed by atoms with Gasteiger partial charge in [0.1, 0.15) is 0 Å². The molecule has 0 atom stereocenters. The maximum Gasteiger partial charge on any atom is 0.287 e. The van der Waals surface area contributed by atoms with E-state index in [4.69, 9.17) is 16.0 Å². The van der Waals surface area contributed by atoms with Crippen LogP contribution in [-0.4, -0.2) is 24.9 Å². The number of nitrogens with one attached hydrogen (secondary N) is 1. The lowest BCUT2D eigenvalue weighted by Gasteiger charge is -2.23. The number of amides is 2. The summed E-state index contributed by atoms with van der Waals surface area (Å²) in [6, 6.07) is 8.60. The van der Waals surface area contributed by atoms with Crippen LogP contribution in [0.1, 0.15) is 23.0 Å². The molecule has 0 bridgehead atoms. The van der Waals surface area contributed by atoms with Crippen LogP contribution < -0.4 is 10.2 Å². The Morgan fingerprint density at radius 2 is 2.09 bits per heavy atom. The summed E-state index contributed by atoms with van der Waals surface area (Å²) in [5.74, 6) is -0.178. The van der Waals surface area contributed by atoms with Crippen molar-refractivity contribution in [1.82, 2.24) is 5.32 Å². The summed E-state index contributed by atoms with van der Waals surface area (Å²) in [6.07, 6.45) is 1.44. The summed E-state index contributed by atoms with van der Waals surface area (Å²) in [7, 11) is 0. The Kier molecular flexibility index (Phi) is 5.22. The molecule has 1 aromatic heterocycles. The first-order chi connectivity index (χ1) is 10.5. The van der Waals surface area contributed by atoms with Crippen LogP contribution in [0, 0.1) is 6.92 Å². The second-order valence-electron chi connectivity index (χ2n) is 4.83. The van der Waals surface area contributed by atoms with Gasteiger partial charge in [0.15, 0.2) is 5.76 Å². The molecule has 1 N–H and O–H groups in total. The molecular weight excluding hydrogens is 304 g/mol. The van der Waals surface area contributed by atoms with Crippen LogP contribution in [0.25, 0.3) is 0 Å². The summed E-state index contributed by atoms with van der Waals surface area (Å²) in [5, 5.41) is 3.28. The van der Waals surface area contributed by atoms with E-state index in [0.717, 1.165) is 11.3 Å². The third-order valence-corrected chi connectivity index (χ3v) is 3.44. The van der Waals surface area contributed by atoms with Crippen molar-refractivity contribution in [3.8, 4) is 0 Å². The van der Waals surface area contributed by atoms with Crippen LogP contribution in [0.5, 0.6) is 0 Å². The van der Waals surface area contributed by atoms with Gasteiger partial charge in [-0.3, -0.25) is 9.59 Å². The third-order valence-electron chi connectivity index (χ3n) is 3.21. The highest BCUT2D eigenvalue weighted by Crippen LogP contribution is 2.24. The van der Waals surface area contributed by atoms with Crippen molar-refractivity contribution in [1.29, 1.82) is 0 Å². The van der Waals surface area contributed by atoms with Gasteiger partial charge in [0.25, 0.3) is 5.91 Å². The number of rotatable bonds is 5. The van der Waals surface area contributed by atoms with E-state index in [2.05, 4.69) is 5.32 Å². The molecule has 5 nitrogen and oxygen atoms in total. The predicted octanol–water partition coefficient (Wildman–Crippen LogP) is 3.02. The number of carbonyl (C=O) groups excluding carboxylic acids is 2. The van der Waals surface area contributed by atoms with E-state index in [0.29, 0.717) is 18.1 Å². The van der Waals surface area contributed by atoms with Gasteiger partial charge >= 0.3 is 0 Å². The molecule has 2 aromatic rings. The number of carbonyl (C=O) groups is 2. The first-order valence-electron chi connectivity index (χ1n) is 6.85. The lowest BCUT2D eigenvalue weighted by molar-refractivity contribution is -0.116. The van der Waals surface area contributed by atoms with E-state index < -0.39 is 0 Å². The van der Waals surface area contributed by atoms with Gasteiger partial charge in [-0.2, -0.15) is 0 Å². The molecule has 0 spiro atoms. The first-order valence-corrected chi connectivity index (χ1v) is 7.23. The summed E-state index contributed by atoms with van der Waals surface area (Å²) < 4.78 is 5.01. The largest absolute Gasteiger partial charge is 0.459 e. The molecule has 0 saturated heterocycles. The fraction of sp³-hybridized carbons (Fsp3) is 0.250. The van der Waals surface area contributed by atoms with E-state index >= 15 is 0 Å². The Morgan fingerprint density at radius 3 is 2.73 bits per heavy atom. The Morgan fingerprint density at radius 1 is 1.32 bits per heavy atom. The van der Waals surface area contributed by atoms with Crippen molar-refractivity contribution in [2.75, 3.05) is 18.0 Å². The van der Waals surface area contributed by atoms with Crippen LogP contribution in [0.3, 0.4) is 0 Å². The van der Waals surface area contributed by atoms with Crippen molar-refractivity contribution >= 4 is 29.1 Å². The highest BCUT2D eigenvalue weighted by molar-refractivity contribution is 6.31. The van der Waals surface area contributed by atoms with E-state index in [1.54, 1.807) is 29.2 Å². The quantitative estimate of drug-likeness (QED) is 0.921. The fourth-order valence-electron chi connectivity index (χ4n) is 2.10. The number of hydrogen-bond donors (Lipinski definition) is 1. The third kappa shape index (κ3) is 3.89. The average molecular weight is 321 g/mol. The van der Waals surface area contributed by atoms with Gasteiger partial charge in [0, 0.05) is 30.7 Å². The lowest BCUT2D eigenvalue weighted by atomic mass is 10.2. The standard InChI is InChI=1S/C16H17ClN2O3/c1-11-5-6-13(17)10-14(11)19(12(2)20)8-7-18-16(21)15-4-3-9-22-15/h3-6,9-10H,7-8H2,1-2H3,(H,18,21). The molecule has 116 valence electrons. The van der Waals surface area contributed by atoms with Crippen LogP contribution in [0.2, 0.25) is 5.02 Å². The number of hydrogen-bond acceptors (Lipinski definition) is 3. The highest BCUT2D eigenvalue weighted by atomic mass is 35.5. The molecule has 0 aliphatic heterocycles. The molecule has 0 aliphatic carbocycles. The van der Waals surface area contributed by atoms with Crippen LogP contribution in [0.4, 0.5) is 5.69 Å². The zero-order valence-corrected chi connectivity index (χ0v) is 13.2. The zero-order valence-electron chi connectivity index (χ0n) is 12.4. The van der Waals surface area contributed by atoms with E-state index in [-0.39, 0.29) is 17.6 Å². The average Bonchev–Trinajstić information content (AvgIpc) is 3.00. The second kappa shape index (κ2) is 7.13. The molecule has 2 amide bonds. The minimum atomic E-state index is -0.309. The Labute approximate surface area is 133 Å². The molecule has 2 rings (SSSR count). The van der Waals surface area contributed by atoms with E-state index in [1.165, 1.54) is 13.2 Å². The monoisotopic (exact) mass is 320 g/mol. The second-order valence-corrected chi connectivity index (χ2v) is 5.27. The summed E-state index contributed by atoms with van der Waals surface area (Å²) in [5.41, 5.74) is 1.68. The number of nitrogens with zero attached hydrogens (tertiary/aromatic N) is 1. The predicted molar refractivity (Wildman–Crippen MR) is 85.3 cm³/mol. The summed E-state index contributed by atoms with van der Waals surface area (Å²) >= 11 is 6.00. The van der Waals surface area contributed by atoms with E-state index in [9.17, 15) is 9.59 Å². The van der Waals surface area contributed by atoms with Crippen LogP contribution in [0.15, 0.2) is 41.0 Å². The smallest absolute Gasteiger partial charge is 0.287 e. The number of halogens is 1. The molecule has 0 fully saturated rings. The molecule has 1 heterocycles. The summed E-state index contributed by atoms with van der Waals surface area (Å²) in [4.78, 5) is 25.2. The van der Waals surface area contributed by atoms with Crippen molar-refractivity contribution in [2.45, 2.75) is 13.8 Å². The Hall–Kier alpha value is -2.27. The van der Waals surface area contributed by atoms with Gasteiger partial charge in [-0.15, -0.1) is 0 Å². The maximum absolute atomic E-state index is 11.9. The molecule has 1 aromatic carbocycles. The molecule has 6 heteroatoms. The minimum absolute atomic E-state index is 0.113. The molecular formula is C16H17ClN2O3. The van der Waals surface area contributed by atoms with Gasteiger partial charge in [-0.05, 0) is 36.8 Å². The Balaban J connectivity index is 2.02. The molecule has 0 unspecified atom stereocenters. The topological polar surface area (TPSA) is 62.6 Å². The van der Waals surface area contributed by atoms with Crippen molar-refractivity contribution in [3.63, 3.8) is 0 Å². The van der Waals surface area contributed by atoms with Gasteiger partial charge in [0.05, 0.1) is 6.26 Å². The fourth-order valence-corrected chi connectivity index (χ4v) is 2.26. The highest BCUT2D eigenvalue weighted by Gasteiger charge is 2.15. The lowest BCUT2D eigenvalue weighted by Crippen LogP contribution is -2.37. The number of aryl methyl sites for hydroxylation is 1. The van der Waals surface area contributed by atoms with Crippen molar-refractivity contribution in [3.05, 3.63) is 52.9 Å². The molecule has 0 aliphatic rings. The Bertz CT molecular complexity index is 668.